The van der Waals surface area contributed by atoms with E-state index in [1.807, 2.05) is 30.3 Å². The van der Waals surface area contributed by atoms with Gasteiger partial charge < -0.3 is 20.3 Å². The van der Waals surface area contributed by atoms with Crippen LogP contribution in [0.5, 0.6) is 5.75 Å². The molecular weight excluding hydrogens is 504 g/mol. The first kappa shape index (κ1) is 28.2. The van der Waals surface area contributed by atoms with Crippen molar-refractivity contribution >= 4 is 23.7 Å². The van der Waals surface area contributed by atoms with E-state index >= 15 is 0 Å². The van der Waals surface area contributed by atoms with Gasteiger partial charge in [-0.05, 0) is 31.5 Å². The Bertz CT molecular complexity index is 1270. The number of amides is 3. The number of ether oxygens (including phenoxy) is 1. The van der Waals surface area contributed by atoms with Gasteiger partial charge in [0.1, 0.15) is 17.8 Å². The summed E-state index contributed by atoms with van der Waals surface area (Å²) in [5.74, 6) is -4.48. The minimum atomic E-state index is -1.38. The van der Waals surface area contributed by atoms with Crippen LogP contribution < -0.4 is 5.32 Å². The minimum Gasteiger partial charge on any atom is -0.505 e. The largest absolute Gasteiger partial charge is 0.505 e. The maximum absolute atomic E-state index is 14.2. The van der Waals surface area contributed by atoms with Crippen molar-refractivity contribution in [3.8, 4) is 5.75 Å². The SMILES string of the molecule is CC(C)C1OC(=O)C(C)C(O)C(Cc2ccccc2)N2C(=O)C(NC(=O)c3ncccc3O)C(C)[N+]2(C)C1=O. The van der Waals surface area contributed by atoms with Crippen LogP contribution in [0.2, 0.25) is 0 Å². The molecule has 1 aromatic heterocycles. The molecule has 11 nitrogen and oxygen atoms in total. The smallest absolute Gasteiger partial charge is 0.379 e. The van der Waals surface area contributed by atoms with Gasteiger partial charge in [-0.15, -0.1) is 0 Å². The molecule has 2 fully saturated rings. The molecule has 11 heteroatoms. The quantitative estimate of drug-likeness (QED) is 0.380. The molecule has 0 saturated carbocycles. The zero-order valence-corrected chi connectivity index (χ0v) is 22.6. The summed E-state index contributed by atoms with van der Waals surface area (Å²) in [5, 5.41) is 25.6. The third-order valence-electron chi connectivity index (χ3n) is 7.92. The Morgan fingerprint density at radius 3 is 2.41 bits per heavy atom. The number of aliphatic hydroxyl groups is 1. The number of likely N-dealkylation sites (N-methyl/N-ethyl adjacent to an activating group) is 1. The maximum Gasteiger partial charge on any atom is 0.379 e. The van der Waals surface area contributed by atoms with Gasteiger partial charge in [0.05, 0.1) is 19.1 Å². The van der Waals surface area contributed by atoms with Gasteiger partial charge >= 0.3 is 11.9 Å². The summed E-state index contributed by atoms with van der Waals surface area (Å²) in [5.41, 5.74) is 0.521. The van der Waals surface area contributed by atoms with Crippen LogP contribution in [0.4, 0.5) is 0 Å². The summed E-state index contributed by atoms with van der Waals surface area (Å²) < 4.78 is 5.02. The zero-order valence-electron chi connectivity index (χ0n) is 22.6. The molecule has 3 N–H and O–H groups in total. The summed E-state index contributed by atoms with van der Waals surface area (Å²) in [6.07, 6.45) is -1.09. The number of aliphatic hydroxyl groups excluding tert-OH is 1. The third kappa shape index (κ3) is 4.87. The van der Waals surface area contributed by atoms with Crippen molar-refractivity contribution in [2.75, 3.05) is 7.05 Å². The lowest BCUT2D eigenvalue weighted by atomic mass is 9.92. The van der Waals surface area contributed by atoms with Gasteiger partial charge in [-0.3, -0.25) is 14.4 Å². The molecule has 0 spiro atoms. The number of cyclic esters (lactones) is 1. The number of hydrogen-bond donors (Lipinski definition) is 3. The van der Waals surface area contributed by atoms with Crippen molar-refractivity contribution in [1.29, 1.82) is 0 Å². The molecule has 7 atom stereocenters. The first-order chi connectivity index (χ1) is 18.4. The molecule has 2 aromatic rings. The number of nitrogens with zero attached hydrogens (tertiary/aromatic N) is 3. The van der Waals surface area contributed by atoms with Gasteiger partial charge in [0.2, 0.25) is 6.10 Å². The average Bonchev–Trinajstić information content (AvgIpc) is 3.10. The van der Waals surface area contributed by atoms with Crippen molar-refractivity contribution in [2.24, 2.45) is 11.8 Å². The molecule has 0 bridgehead atoms. The second kappa shape index (κ2) is 10.7. The first-order valence-electron chi connectivity index (χ1n) is 13.0. The van der Waals surface area contributed by atoms with Crippen molar-refractivity contribution in [3.05, 3.63) is 59.9 Å². The number of aromatic nitrogens is 1. The van der Waals surface area contributed by atoms with Crippen LogP contribution >= 0.6 is 0 Å². The number of carbonyl (C=O) groups excluding carboxylic acids is 4. The predicted octanol–water partition coefficient (Wildman–Crippen LogP) is 1.19. The number of rotatable bonds is 5. The third-order valence-corrected chi connectivity index (χ3v) is 7.92. The molecule has 2 aliphatic rings. The highest BCUT2D eigenvalue weighted by molar-refractivity contribution is 5.99. The van der Waals surface area contributed by atoms with Gasteiger partial charge in [-0.25, -0.2) is 9.78 Å². The van der Waals surface area contributed by atoms with Crippen molar-refractivity contribution in [3.63, 3.8) is 0 Å². The Morgan fingerprint density at radius 1 is 1.13 bits per heavy atom. The molecule has 208 valence electrons. The van der Waals surface area contributed by atoms with E-state index < -0.39 is 70.5 Å². The molecule has 4 rings (SSSR count). The van der Waals surface area contributed by atoms with E-state index in [-0.39, 0.29) is 17.9 Å². The fourth-order valence-corrected chi connectivity index (χ4v) is 5.42. The lowest BCUT2D eigenvalue weighted by Gasteiger charge is -2.43. The van der Waals surface area contributed by atoms with Gasteiger partial charge in [0.15, 0.2) is 11.7 Å². The van der Waals surface area contributed by atoms with E-state index in [0.717, 1.165) is 5.56 Å². The van der Waals surface area contributed by atoms with Crippen LogP contribution in [0, 0.1) is 11.8 Å². The summed E-state index contributed by atoms with van der Waals surface area (Å²) in [4.78, 5) is 58.4. The molecule has 3 amide bonds. The monoisotopic (exact) mass is 539 g/mol. The van der Waals surface area contributed by atoms with Gasteiger partial charge in [-0.1, -0.05) is 44.2 Å². The molecule has 2 aliphatic heterocycles. The molecular formula is C28H35N4O7+. The molecule has 7 unspecified atom stereocenters. The average molecular weight is 540 g/mol. The Balaban J connectivity index is 1.84. The Morgan fingerprint density at radius 2 is 1.79 bits per heavy atom. The summed E-state index contributed by atoms with van der Waals surface area (Å²) in [6, 6.07) is 8.85. The fourth-order valence-electron chi connectivity index (χ4n) is 5.42. The number of benzene rings is 1. The summed E-state index contributed by atoms with van der Waals surface area (Å²) in [7, 11) is 1.54. The van der Waals surface area contributed by atoms with Gasteiger partial charge in [0, 0.05) is 18.5 Å². The number of pyridine rings is 1. The minimum absolute atomic E-state index is 0.146. The fraction of sp³-hybridized carbons (Fsp3) is 0.464. The van der Waals surface area contributed by atoms with Gasteiger partial charge in [0.25, 0.3) is 11.8 Å². The highest BCUT2D eigenvalue weighted by atomic mass is 16.6. The van der Waals surface area contributed by atoms with E-state index in [9.17, 15) is 29.4 Å². The number of hydrogen-bond acceptors (Lipinski definition) is 8. The number of fused-ring (bicyclic) bond motifs is 1. The van der Waals surface area contributed by atoms with Crippen LogP contribution in [0.25, 0.3) is 0 Å². The van der Waals surface area contributed by atoms with Crippen LogP contribution in [0.15, 0.2) is 48.7 Å². The second-order valence-electron chi connectivity index (χ2n) is 10.7. The molecule has 0 radical (unpaired) electrons. The van der Waals surface area contributed by atoms with E-state index in [1.165, 1.54) is 30.3 Å². The zero-order chi connectivity index (χ0) is 28.6. The maximum atomic E-state index is 14.2. The predicted molar refractivity (Wildman–Crippen MR) is 138 cm³/mol. The van der Waals surface area contributed by atoms with E-state index in [4.69, 9.17) is 4.74 Å². The number of esters is 1. The van der Waals surface area contributed by atoms with Crippen molar-refractivity contribution < 1.29 is 38.7 Å². The van der Waals surface area contributed by atoms with Crippen LogP contribution in [0.3, 0.4) is 0 Å². The highest BCUT2D eigenvalue weighted by Gasteiger charge is 2.65. The van der Waals surface area contributed by atoms with Crippen molar-refractivity contribution in [1.82, 2.24) is 15.3 Å². The van der Waals surface area contributed by atoms with Crippen LogP contribution in [0.1, 0.15) is 43.7 Å². The molecule has 2 saturated heterocycles. The number of carbonyl (C=O) groups is 4. The Hall–Kier alpha value is -3.83. The Labute approximate surface area is 226 Å². The number of aromatic hydroxyl groups is 1. The number of nitrogens with one attached hydrogen (secondary N) is 1. The van der Waals surface area contributed by atoms with Crippen molar-refractivity contribution in [2.45, 2.75) is 64.4 Å². The highest BCUT2D eigenvalue weighted by Crippen LogP contribution is 2.37. The molecule has 0 aliphatic carbocycles. The van der Waals surface area contributed by atoms with E-state index in [0.29, 0.717) is 0 Å². The van der Waals surface area contributed by atoms with Crippen LogP contribution in [-0.2, 0) is 25.5 Å². The molecule has 39 heavy (non-hydrogen) atoms. The Kier molecular flexibility index (Phi) is 7.76. The molecule has 1 aromatic carbocycles. The van der Waals surface area contributed by atoms with Gasteiger partial charge in [-0.2, -0.15) is 9.60 Å². The second-order valence-corrected chi connectivity index (χ2v) is 10.7. The lowest BCUT2D eigenvalue weighted by molar-refractivity contribution is -0.954. The van der Waals surface area contributed by atoms with Crippen LogP contribution in [-0.4, -0.2) is 85.9 Å². The summed E-state index contributed by atoms with van der Waals surface area (Å²) in [6.45, 7) is 6.62. The summed E-state index contributed by atoms with van der Waals surface area (Å²) >= 11 is 0. The lowest BCUT2D eigenvalue weighted by Crippen LogP contribution is -2.68. The standard InChI is InChI=1S/C28H34N4O7/c1-15(2)24-27(37)32(5)17(4)21(30-25(35)22-20(33)12-9-13-29-22)26(36)31(32)19(14-18-10-7-6-8-11-18)23(34)16(3)28(38)39-24/h6-13,15-17,19,21,23-24,34H,14H2,1-5H3,(H-,30,33,35)/p+1. The van der Waals surface area contributed by atoms with E-state index in [1.54, 1.807) is 27.8 Å². The molecule has 3 heterocycles. The first-order valence-corrected chi connectivity index (χ1v) is 13.0. The van der Waals surface area contributed by atoms with E-state index in [2.05, 4.69) is 10.3 Å². The normalized spacial score (nSPS) is 31.3. The topological polar surface area (TPSA) is 146 Å². The number of quaternary nitrogens is 1.